The molecule has 2 aromatic carbocycles. The first-order valence-corrected chi connectivity index (χ1v) is 7.08. The molecule has 1 aliphatic carbocycles. The summed E-state index contributed by atoms with van der Waals surface area (Å²) in [5.74, 6) is 0. The van der Waals surface area contributed by atoms with Crippen LogP contribution in [-0.2, 0) is 23.6 Å². The summed E-state index contributed by atoms with van der Waals surface area (Å²) >= 11 is 0. The molecule has 0 saturated carbocycles. The van der Waals surface area contributed by atoms with Gasteiger partial charge in [-0.3, -0.25) is 4.21 Å². The molecule has 0 amide bonds. The maximum atomic E-state index is 12.4. The summed E-state index contributed by atoms with van der Waals surface area (Å²) in [6.45, 7) is 0. The highest BCUT2D eigenvalue weighted by molar-refractivity contribution is 7.85. The van der Waals surface area contributed by atoms with Gasteiger partial charge in [0, 0.05) is 10.1 Å². The summed E-state index contributed by atoms with van der Waals surface area (Å²) in [6, 6.07) is 18.2. The van der Waals surface area contributed by atoms with Crippen LogP contribution in [0.5, 0.6) is 0 Å². The zero-order valence-corrected chi connectivity index (χ0v) is 10.3. The van der Waals surface area contributed by atoms with Crippen LogP contribution in [0, 0.1) is 0 Å². The lowest BCUT2D eigenvalue weighted by atomic mass is 10.1. The Kier molecular flexibility index (Phi) is 2.81. The zero-order valence-electron chi connectivity index (χ0n) is 9.50. The zero-order chi connectivity index (χ0) is 11.7. The number of rotatable bonds is 2. The smallest absolute Gasteiger partial charge is 0.0567 e. The molecular weight excluding hydrogens is 228 g/mol. The molecule has 0 bridgehead atoms. The second-order valence-electron chi connectivity index (χ2n) is 4.41. The summed E-state index contributed by atoms with van der Waals surface area (Å²) in [4.78, 5) is 0.949. The molecule has 86 valence electrons. The van der Waals surface area contributed by atoms with E-state index < -0.39 is 10.8 Å². The molecule has 17 heavy (non-hydrogen) atoms. The van der Waals surface area contributed by atoms with Crippen LogP contribution in [0.2, 0.25) is 0 Å². The molecule has 1 atom stereocenters. The summed E-state index contributed by atoms with van der Waals surface area (Å²) in [5.41, 5.74) is 2.73. The van der Waals surface area contributed by atoms with Gasteiger partial charge in [0.2, 0.25) is 0 Å². The summed E-state index contributed by atoms with van der Waals surface area (Å²) in [5, 5.41) is 0.245. The topological polar surface area (TPSA) is 17.1 Å². The maximum Gasteiger partial charge on any atom is 0.0567 e. The normalized spacial score (nSPS) is 16.7. The molecule has 0 aromatic heterocycles. The second-order valence-corrected chi connectivity index (χ2v) is 6.14. The second kappa shape index (κ2) is 4.46. The lowest BCUT2D eigenvalue weighted by molar-refractivity contribution is 0.670. The van der Waals surface area contributed by atoms with Gasteiger partial charge in [-0.15, -0.1) is 0 Å². The quantitative estimate of drug-likeness (QED) is 0.791. The highest BCUT2D eigenvalue weighted by atomic mass is 32.2. The van der Waals surface area contributed by atoms with Gasteiger partial charge < -0.3 is 0 Å². The number of fused-ring (bicyclic) bond motifs is 1. The average Bonchev–Trinajstić information content (AvgIpc) is 2.82. The van der Waals surface area contributed by atoms with E-state index in [-0.39, 0.29) is 5.25 Å². The van der Waals surface area contributed by atoms with Gasteiger partial charge >= 0.3 is 0 Å². The Morgan fingerprint density at radius 3 is 1.94 bits per heavy atom. The van der Waals surface area contributed by atoms with Gasteiger partial charge in [-0.25, -0.2) is 0 Å². The molecule has 0 aliphatic heterocycles. The van der Waals surface area contributed by atoms with Crippen molar-refractivity contribution in [2.45, 2.75) is 23.0 Å². The van der Waals surface area contributed by atoms with Crippen molar-refractivity contribution in [1.82, 2.24) is 0 Å². The predicted octanol–water partition coefficient (Wildman–Crippen LogP) is 2.96. The SMILES string of the molecule is O=S(c1ccccc1)C1Cc2ccccc2C1. The average molecular weight is 242 g/mol. The lowest BCUT2D eigenvalue weighted by Crippen LogP contribution is -2.15. The molecule has 1 aliphatic rings. The van der Waals surface area contributed by atoms with Gasteiger partial charge in [0.1, 0.15) is 0 Å². The molecule has 0 fully saturated rings. The van der Waals surface area contributed by atoms with E-state index in [1.165, 1.54) is 11.1 Å². The van der Waals surface area contributed by atoms with E-state index in [1.54, 1.807) is 0 Å². The molecule has 0 N–H and O–H groups in total. The minimum Gasteiger partial charge on any atom is -0.254 e. The third-order valence-corrected chi connectivity index (χ3v) is 4.97. The highest BCUT2D eigenvalue weighted by Crippen LogP contribution is 2.27. The van der Waals surface area contributed by atoms with Gasteiger partial charge in [-0.05, 0) is 36.1 Å². The van der Waals surface area contributed by atoms with Crippen LogP contribution in [0.15, 0.2) is 59.5 Å². The van der Waals surface area contributed by atoms with Gasteiger partial charge in [-0.2, -0.15) is 0 Å². The Morgan fingerprint density at radius 1 is 0.824 bits per heavy atom. The molecule has 3 rings (SSSR count). The van der Waals surface area contributed by atoms with Crippen molar-refractivity contribution in [3.63, 3.8) is 0 Å². The van der Waals surface area contributed by atoms with E-state index in [0.29, 0.717) is 0 Å². The first-order chi connectivity index (χ1) is 8.34. The maximum absolute atomic E-state index is 12.4. The molecule has 2 heteroatoms. The van der Waals surface area contributed by atoms with E-state index in [9.17, 15) is 4.21 Å². The highest BCUT2D eigenvalue weighted by Gasteiger charge is 2.26. The Hall–Kier alpha value is -1.41. The molecular formula is C15H14OS. The third-order valence-electron chi connectivity index (χ3n) is 3.29. The first-order valence-electron chi connectivity index (χ1n) is 5.87. The van der Waals surface area contributed by atoms with Gasteiger partial charge in [0.05, 0.1) is 10.8 Å². The van der Waals surface area contributed by atoms with E-state index in [1.807, 2.05) is 30.3 Å². The summed E-state index contributed by atoms with van der Waals surface area (Å²) in [6.07, 6.45) is 1.88. The summed E-state index contributed by atoms with van der Waals surface area (Å²) in [7, 11) is -0.885. The largest absolute Gasteiger partial charge is 0.254 e. The van der Waals surface area contributed by atoms with Crippen LogP contribution in [0.25, 0.3) is 0 Å². The van der Waals surface area contributed by atoms with Crippen molar-refractivity contribution < 1.29 is 4.21 Å². The molecule has 0 radical (unpaired) electrons. The van der Waals surface area contributed by atoms with Crippen LogP contribution in [0.4, 0.5) is 0 Å². The molecule has 2 aromatic rings. The van der Waals surface area contributed by atoms with Crippen LogP contribution in [0.3, 0.4) is 0 Å². The van der Waals surface area contributed by atoms with E-state index in [0.717, 1.165) is 17.7 Å². The molecule has 0 saturated heterocycles. The fourth-order valence-electron chi connectivity index (χ4n) is 2.42. The van der Waals surface area contributed by atoms with E-state index in [4.69, 9.17) is 0 Å². The molecule has 1 unspecified atom stereocenters. The van der Waals surface area contributed by atoms with Crippen molar-refractivity contribution in [2.75, 3.05) is 0 Å². The molecule has 1 nitrogen and oxygen atoms in total. The predicted molar refractivity (Wildman–Crippen MR) is 70.5 cm³/mol. The summed E-state index contributed by atoms with van der Waals surface area (Å²) < 4.78 is 12.4. The van der Waals surface area contributed by atoms with Crippen molar-refractivity contribution in [1.29, 1.82) is 0 Å². The van der Waals surface area contributed by atoms with Crippen molar-refractivity contribution in [2.24, 2.45) is 0 Å². The Bertz CT molecular complexity index is 523. The minimum atomic E-state index is -0.885. The van der Waals surface area contributed by atoms with Crippen LogP contribution < -0.4 is 0 Å². The third kappa shape index (κ3) is 2.05. The lowest BCUT2D eigenvalue weighted by Gasteiger charge is -2.08. The van der Waals surface area contributed by atoms with Gasteiger partial charge in [0.25, 0.3) is 0 Å². The van der Waals surface area contributed by atoms with Crippen molar-refractivity contribution in [3.05, 3.63) is 65.7 Å². The fraction of sp³-hybridized carbons (Fsp3) is 0.200. The minimum absolute atomic E-state index is 0.245. The van der Waals surface area contributed by atoms with Crippen LogP contribution in [0.1, 0.15) is 11.1 Å². The van der Waals surface area contributed by atoms with E-state index in [2.05, 4.69) is 24.3 Å². The molecule has 0 heterocycles. The number of hydrogen-bond acceptors (Lipinski definition) is 1. The number of benzene rings is 2. The Morgan fingerprint density at radius 2 is 1.35 bits per heavy atom. The standard InChI is InChI=1S/C15H14OS/c16-17(14-8-2-1-3-9-14)15-10-12-6-4-5-7-13(12)11-15/h1-9,15H,10-11H2. The molecule has 0 spiro atoms. The fourth-order valence-corrected chi connectivity index (χ4v) is 3.89. The van der Waals surface area contributed by atoms with Crippen molar-refractivity contribution >= 4 is 10.8 Å². The Balaban J connectivity index is 1.84. The first kappa shape index (κ1) is 10.7. The number of hydrogen-bond donors (Lipinski definition) is 0. The van der Waals surface area contributed by atoms with Crippen LogP contribution >= 0.6 is 0 Å². The Labute approximate surface area is 104 Å². The van der Waals surface area contributed by atoms with Crippen LogP contribution in [-0.4, -0.2) is 9.46 Å². The monoisotopic (exact) mass is 242 g/mol. The van der Waals surface area contributed by atoms with Gasteiger partial charge in [-0.1, -0.05) is 42.5 Å². The van der Waals surface area contributed by atoms with Crippen molar-refractivity contribution in [3.8, 4) is 0 Å². The van der Waals surface area contributed by atoms with E-state index >= 15 is 0 Å². The van der Waals surface area contributed by atoms with Gasteiger partial charge in [0.15, 0.2) is 0 Å².